The molecule has 3 aromatic rings. The molecular weight excluding hydrogens is 421 g/mol. The standard InChI is InChI=1S/C26H28FN3O3/c1-18-13-19(10-11-24(18)27)20-14-21(25(31)29(2)17-23-9-6-12-33-23)16-30(15-20)26(32)28-22-7-4-3-5-8-22/h3-13,20-21H,14-17H2,1-2H3,(H,28,32). The summed E-state index contributed by atoms with van der Waals surface area (Å²) >= 11 is 0. The van der Waals surface area contributed by atoms with Gasteiger partial charge in [-0.05, 0) is 54.8 Å². The molecule has 3 amide bonds. The van der Waals surface area contributed by atoms with Crippen LogP contribution in [0.15, 0.2) is 71.3 Å². The van der Waals surface area contributed by atoms with Crippen molar-refractivity contribution in [1.82, 2.24) is 9.80 Å². The van der Waals surface area contributed by atoms with Crippen LogP contribution in [0.1, 0.15) is 29.2 Å². The number of halogens is 1. The van der Waals surface area contributed by atoms with E-state index in [2.05, 4.69) is 5.32 Å². The van der Waals surface area contributed by atoms with Crippen molar-refractivity contribution in [2.45, 2.75) is 25.8 Å². The van der Waals surface area contributed by atoms with Gasteiger partial charge in [0.05, 0.1) is 18.7 Å². The van der Waals surface area contributed by atoms with Gasteiger partial charge in [0, 0.05) is 31.7 Å². The first-order valence-electron chi connectivity index (χ1n) is 11.0. The third kappa shape index (κ3) is 5.42. The molecule has 0 bridgehead atoms. The molecule has 0 aliphatic carbocycles. The fourth-order valence-corrected chi connectivity index (χ4v) is 4.36. The fraction of sp³-hybridized carbons (Fsp3) is 0.308. The van der Waals surface area contributed by atoms with E-state index in [1.54, 1.807) is 42.2 Å². The lowest BCUT2D eigenvalue weighted by Gasteiger charge is -2.38. The van der Waals surface area contributed by atoms with Crippen molar-refractivity contribution in [3.63, 3.8) is 0 Å². The quantitative estimate of drug-likeness (QED) is 0.595. The number of carbonyl (C=O) groups is 2. The molecule has 1 aromatic heterocycles. The Balaban J connectivity index is 1.55. The van der Waals surface area contributed by atoms with Gasteiger partial charge in [0.25, 0.3) is 0 Å². The minimum atomic E-state index is -0.379. The van der Waals surface area contributed by atoms with E-state index in [9.17, 15) is 14.0 Å². The van der Waals surface area contributed by atoms with Crippen molar-refractivity contribution < 1.29 is 18.4 Å². The Bertz CT molecular complexity index is 1100. The molecule has 1 aliphatic heterocycles. The third-order valence-corrected chi connectivity index (χ3v) is 6.11. The van der Waals surface area contributed by atoms with Crippen molar-refractivity contribution in [1.29, 1.82) is 0 Å². The maximum atomic E-state index is 13.9. The van der Waals surface area contributed by atoms with E-state index in [0.717, 1.165) is 5.56 Å². The van der Waals surface area contributed by atoms with Crippen molar-refractivity contribution in [3.05, 3.63) is 89.6 Å². The molecule has 6 nitrogen and oxygen atoms in total. The van der Waals surface area contributed by atoms with Crippen LogP contribution in [0.4, 0.5) is 14.9 Å². The van der Waals surface area contributed by atoms with E-state index in [4.69, 9.17) is 4.42 Å². The van der Waals surface area contributed by atoms with Gasteiger partial charge in [-0.3, -0.25) is 4.79 Å². The molecule has 1 aliphatic rings. The summed E-state index contributed by atoms with van der Waals surface area (Å²) in [4.78, 5) is 29.7. The number of nitrogens with zero attached hydrogens (tertiary/aromatic N) is 2. The number of carbonyl (C=O) groups excluding carboxylic acids is 2. The van der Waals surface area contributed by atoms with Crippen molar-refractivity contribution in [3.8, 4) is 0 Å². The van der Waals surface area contributed by atoms with Crippen LogP contribution in [0.25, 0.3) is 0 Å². The van der Waals surface area contributed by atoms with E-state index < -0.39 is 0 Å². The van der Waals surface area contributed by atoms with E-state index >= 15 is 0 Å². The molecule has 1 saturated heterocycles. The van der Waals surface area contributed by atoms with Gasteiger partial charge in [0.15, 0.2) is 0 Å². The van der Waals surface area contributed by atoms with E-state index in [-0.39, 0.29) is 29.6 Å². The second kappa shape index (κ2) is 9.90. The lowest BCUT2D eigenvalue weighted by atomic mass is 9.83. The largest absolute Gasteiger partial charge is 0.467 e. The molecule has 2 aromatic carbocycles. The summed E-state index contributed by atoms with van der Waals surface area (Å²) in [6, 6.07) is 17.6. The molecule has 4 rings (SSSR count). The van der Waals surface area contributed by atoms with E-state index in [0.29, 0.717) is 43.1 Å². The molecule has 1 fully saturated rings. The van der Waals surface area contributed by atoms with Gasteiger partial charge < -0.3 is 19.5 Å². The Kier molecular flexibility index (Phi) is 6.77. The molecule has 2 atom stereocenters. The molecule has 172 valence electrons. The number of benzene rings is 2. The Morgan fingerprint density at radius 1 is 1.12 bits per heavy atom. The number of rotatable bonds is 5. The second-order valence-electron chi connectivity index (χ2n) is 8.61. The number of piperidine rings is 1. The topological polar surface area (TPSA) is 65.8 Å². The van der Waals surface area contributed by atoms with E-state index in [1.165, 1.54) is 6.07 Å². The number of amides is 3. The van der Waals surface area contributed by atoms with Gasteiger partial charge in [-0.25, -0.2) is 9.18 Å². The normalized spacial score (nSPS) is 18.1. The summed E-state index contributed by atoms with van der Waals surface area (Å²) in [6.07, 6.45) is 2.17. The van der Waals surface area contributed by atoms with Crippen LogP contribution in [0.2, 0.25) is 0 Å². The van der Waals surface area contributed by atoms with Crippen LogP contribution in [0, 0.1) is 18.7 Å². The third-order valence-electron chi connectivity index (χ3n) is 6.11. The monoisotopic (exact) mass is 449 g/mol. The highest BCUT2D eigenvalue weighted by Gasteiger charge is 2.36. The molecule has 2 unspecified atom stereocenters. The molecule has 1 N–H and O–H groups in total. The van der Waals surface area contributed by atoms with Crippen molar-refractivity contribution in [2.75, 3.05) is 25.5 Å². The summed E-state index contributed by atoms with van der Waals surface area (Å²) in [6.45, 7) is 2.85. The van der Waals surface area contributed by atoms with Gasteiger partial charge >= 0.3 is 6.03 Å². The maximum absolute atomic E-state index is 13.9. The first-order valence-corrected chi connectivity index (χ1v) is 11.0. The Labute approximate surface area is 193 Å². The maximum Gasteiger partial charge on any atom is 0.321 e. The number of likely N-dealkylation sites (tertiary alicyclic amines) is 1. The number of hydrogen-bond donors (Lipinski definition) is 1. The predicted molar refractivity (Wildman–Crippen MR) is 124 cm³/mol. The van der Waals surface area contributed by atoms with Gasteiger partial charge in [-0.15, -0.1) is 0 Å². The van der Waals surface area contributed by atoms with Gasteiger partial charge in [-0.2, -0.15) is 0 Å². The Morgan fingerprint density at radius 3 is 2.61 bits per heavy atom. The summed E-state index contributed by atoms with van der Waals surface area (Å²) in [5.74, 6) is -0.0707. The van der Waals surface area contributed by atoms with Crippen molar-refractivity contribution >= 4 is 17.6 Å². The zero-order chi connectivity index (χ0) is 23.4. The molecule has 33 heavy (non-hydrogen) atoms. The minimum absolute atomic E-state index is 0.0487. The zero-order valence-corrected chi connectivity index (χ0v) is 18.8. The van der Waals surface area contributed by atoms with Crippen LogP contribution < -0.4 is 5.32 Å². The highest BCUT2D eigenvalue weighted by atomic mass is 19.1. The Morgan fingerprint density at radius 2 is 1.91 bits per heavy atom. The number of furan rings is 1. The summed E-state index contributed by atoms with van der Waals surface area (Å²) in [7, 11) is 1.74. The van der Waals surface area contributed by atoms with E-state index in [1.807, 2.05) is 42.5 Å². The van der Waals surface area contributed by atoms with Crippen molar-refractivity contribution in [2.24, 2.45) is 5.92 Å². The number of anilines is 1. The number of aryl methyl sites for hydroxylation is 1. The highest BCUT2D eigenvalue weighted by Crippen LogP contribution is 2.32. The lowest BCUT2D eigenvalue weighted by Crippen LogP contribution is -2.49. The van der Waals surface area contributed by atoms with Crippen LogP contribution in [-0.2, 0) is 11.3 Å². The fourth-order valence-electron chi connectivity index (χ4n) is 4.36. The molecular formula is C26H28FN3O3. The van der Waals surface area contributed by atoms with Crippen LogP contribution >= 0.6 is 0 Å². The second-order valence-corrected chi connectivity index (χ2v) is 8.61. The first kappa shape index (κ1) is 22.6. The Hall–Kier alpha value is -3.61. The molecule has 0 spiro atoms. The number of hydrogen-bond acceptors (Lipinski definition) is 3. The number of para-hydroxylation sites is 1. The van der Waals surface area contributed by atoms with Crippen LogP contribution in [-0.4, -0.2) is 41.9 Å². The van der Waals surface area contributed by atoms with Gasteiger partial charge in [0.2, 0.25) is 5.91 Å². The first-order chi connectivity index (χ1) is 15.9. The SMILES string of the molecule is Cc1cc(C2CC(C(=O)N(C)Cc3ccco3)CN(C(=O)Nc3ccccc3)C2)ccc1F. The van der Waals surface area contributed by atoms with Gasteiger partial charge in [-0.1, -0.05) is 30.3 Å². The lowest BCUT2D eigenvalue weighted by molar-refractivity contribution is -0.136. The molecule has 2 heterocycles. The average Bonchev–Trinajstić information content (AvgIpc) is 3.33. The summed E-state index contributed by atoms with van der Waals surface area (Å²) < 4.78 is 19.2. The molecule has 0 saturated carbocycles. The molecule has 7 heteroatoms. The number of urea groups is 1. The smallest absolute Gasteiger partial charge is 0.321 e. The van der Waals surface area contributed by atoms with Gasteiger partial charge in [0.1, 0.15) is 11.6 Å². The highest BCUT2D eigenvalue weighted by molar-refractivity contribution is 5.90. The molecule has 0 radical (unpaired) electrons. The minimum Gasteiger partial charge on any atom is -0.467 e. The van der Waals surface area contributed by atoms with Crippen LogP contribution in [0.3, 0.4) is 0 Å². The predicted octanol–water partition coefficient (Wildman–Crippen LogP) is 5.02. The average molecular weight is 450 g/mol. The zero-order valence-electron chi connectivity index (χ0n) is 18.8. The van der Waals surface area contributed by atoms with Crippen LogP contribution in [0.5, 0.6) is 0 Å². The summed E-state index contributed by atoms with van der Waals surface area (Å²) in [5.41, 5.74) is 2.17. The summed E-state index contributed by atoms with van der Waals surface area (Å²) in [5, 5.41) is 2.92. The number of nitrogens with one attached hydrogen (secondary N) is 1.